The highest BCUT2D eigenvalue weighted by Gasteiger charge is 2.24. The van der Waals surface area contributed by atoms with Gasteiger partial charge in [-0.1, -0.05) is 6.07 Å². The summed E-state index contributed by atoms with van der Waals surface area (Å²) >= 11 is 1.76. The Morgan fingerprint density at radius 2 is 2.29 bits per heavy atom. The lowest BCUT2D eigenvalue weighted by molar-refractivity contribution is 0.281. The van der Waals surface area contributed by atoms with Gasteiger partial charge in [-0.3, -0.25) is 0 Å². The Labute approximate surface area is 130 Å². The van der Waals surface area contributed by atoms with E-state index in [2.05, 4.69) is 45.9 Å². The number of aromatic nitrogens is 2. The highest BCUT2D eigenvalue weighted by atomic mass is 32.1. The average Bonchev–Trinajstić information content (AvgIpc) is 3.10. The lowest BCUT2D eigenvalue weighted by atomic mass is 10.1. The second-order valence-corrected chi connectivity index (χ2v) is 6.79. The lowest BCUT2D eigenvalue weighted by Crippen LogP contribution is -2.28. The Morgan fingerprint density at radius 3 is 3.00 bits per heavy atom. The Bertz CT molecular complexity index is 569. The van der Waals surface area contributed by atoms with Gasteiger partial charge in [0.15, 0.2) is 0 Å². The molecule has 1 fully saturated rings. The Kier molecular flexibility index (Phi) is 4.51. The van der Waals surface area contributed by atoms with Gasteiger partial charge in [0.2, 0.25) is 0 Å². The van der Waals surface area contributed by atoms with Crippen LogP contribution in [0.2, 0.25) is 0 Å². The maximum Gasteiger partial charge on any atom is 0.128 e. The fourth-order valence-corrected chi connectivity index (χ4v) is 3.82. The third-order valence-electron chi connectivity index (χ3n) is 4.09. The summed E-state index contributed by atoms with van der Waals surface area (Å²) in [6.45, 7) is 6.48. The van der Waals surface area contributed by atoms with E-state index in [1.54, 1.807) is 11.3 Å². The number of aryl methyl sites for hydroxylation is 1. The minimum absolute atomic E-state index is 0.727. The predicted molar refractivity (Wildman–Crippen MR) is 87.7 cm³/mol. The van der Waals surface area contributed by atoms with Gasteiger partial charge in [0.25, 0.3) is 0 Å². The standard InChI is InChI=1S/C16H22N4S/c1-13-15(21-12-18-13)11-19(2)9-14-6-8-20(10-14)16-5-3-4-7-17-16/h3-5,7,12,14H,6,8-11H2,1-2H3/t14-/m0/s1. The van der Waals surface area contributed by atoms with E-state index in [0.717, 1.165) is 37.9 Å². The minimum Gasteiger partial charge on any atom is -0.356 e. The monoisotopic (exact) mass is 302 g/mol. The molecule has 0 saturated carbocycles. The maximum atomic E-state index is 4.45. The molecule has 3 heterocycles. The van der Waals surface area contributed by atoms with Gasteiger partial charge in [-0.25, -0.2) is 9.97 Å². The molecule has 3 rings (SSSR count). The van der Waals surface area contributed by atoms with E-state index in [-0.39, 0.29) is 0 Å². The van der Waals surface area contributed by atoms with Crippen LogP contribution >= 0.6 is 11.3 Å². The molecule has 112 valence electrons. The van der Waals surface area contributed by atoms with Crippen LogP contribution in [0.1, 0.15) is 17.0 Å². The van der Waals surface area contributed by atoms with Crippen molar-refractivity contribution >= 4 is 17.2 Å². The van der Waals surface area contributed by atoms with Crippen molar-refractivity contribution in [3.8, 4) is 0 Å². The van der Waals surface area contributed by atoms with Crippen LogP contribution in [-0.2, 0) is 6.54 Å². The average molecular weight is 302 g/mol. The topological polar surface area (TPSA) is 32.3 Å². The smallest absolute Gasteiger partial charge is 0.128 e. The van der Waals surface area contributed by atoms with Crippen molar-refractivity contribution < 1.29 is 0 Å². The number of pyridine rings is 1. The summed E-state index contributed by atoms with van der Waals surface area (Å²) in [6.07, 6.45) is 3.13. The molecule has 0 unspecified atom stereocenters. The van der Waals surface area contributed by atoms with Gasteiger partial charge < -0.3 is 9.80 Å². The first-order chi connectivity index (χ1) is 10.2. The molecular weight excluding hydrogens is 280 g/mol. The Hall–Kier alpha value is -1.46. The van der Waals surface area contributed by atoms with E-state index in [4.69, 9.17) is 0 Å². The largest absolute Gasteiger partial charge is 0.356 e. The van der Waals surface area contributed by atoms with Crippen molar-refractivity contribution in [2.24, 2.45) is 5.92 Å². The number of nitrogens with zero attached hydrogens (tertiary/aromatic N) is 4. The summed E-state index contributed by atoms with van der Waals surface area (Å²) in [7, 11) is 2.21. The van der Waals surface area contributed by atoms with Crippen molar-refractivity contribution in [2.45, 2.75) is 19.9 Å². The van der Waals surface area contributed by atoms with E-state index in [1.807, 2.05) is 17.8 Å². The zero-order chi connectivity index (χ0) is 14.7. The first kappa shape index (κ1) is 14.5. The molecule has 0 amide bonds. The molecule has 4 nitrogen and oxygen atoms in total. The van der Waals surface area contributed by atoms with Crippen molar-refractivity contribution in [3.63, 3.8) is 0 Å². The zero-order valence-corrected chi connectivity index (χ0v) is 13.5. The molecular formula is C16H22N4S. The molecule has 1 aliphatic rings. The molecule has 1 saturated heterocycles. The molecule has 1 aliphatic heterocycles. The zero-order valence-electron chi connectivity index (χ0n) is 12.7. The molecule has 0 bridgehead atoms. The van der Waals surface area contributed by atoms with Crippen LogP contribution in [0.4, 0.5) is 5.82 Å². The second kappa shape index (κ2) is 6.54. The summed E-state index contributed by atoms with van der Waals surface area (Å²) < 4.78 is 0. The highest BCUT2D eigenvalue weighted by Crippen LogP contribution is 2.23. The molecule has 5 heteroatoms. The van der Waals surface area contributed by atoms with E-state index in [0.29, 0.717) is 0 Å². The normalized spacial score (nSPS) is 18.6. The molecule has 0 spiro atoms. The maximum absolute atomic E-state index is 4.45. The number of hydrogen-bond donors (Lipinski definition) is 0. The number of anilines is 1. The van der Waals surface area contributed by atoms with Gasteiger partial charge in [-0.15, -0.1) is 11.3 Å². The van der Waals surface area contributed by atoms with Crippen LogP contribution in [0.25, 0.3) is 0 Å². The Balaban J connectivity index is 1.52. The summed E-state index contributed by atoms with van der Waals surface area (Å²) in [5.74, 6) is 1.84. The van der Waals surface area contributed by atoms with Crippen LogP contribution in [0.5, 0.6) is 0 Å². The highest BCUT2D eigenvalue weighted by molar-refractivity contribution is 7.09. The third kappa shape index (κ3) is 3.60. The summed E-state index contributed by atoms with van der Waals surface area (Å²) in [4.78, 5) is 15.0. The molecule has 0 radical (unpaired) electrons. The first-order valence-corrected chi connectivity index (χ1v) is 8.34. The van der Waals surface area contributed by atoms with Crippen LogP contribution in [-0.4, -0.2) is 41.5 Å². The van der Waals surface area contributed by atoms with E-state index in [9.17, 15) is 0 Å². The van der Waals surface area contributed by atoms with Crippen LogP contribution in [0.15, 0.2) is 29.9 Å². The van der Waals surface area contributed by atoms with E-state index >= 15 is 0 Å². The van der Waals surface area contributed by atoms with Crippen LogP contribution < -0.4 is 4.90 Å². The van der Waals surface area contributed by atoms with Crippen LogP contribution in [0.3, 0.4) is 0 Å². The fourth-order valence-electron chi connectivity index (χ4n) is 2.96. The molecule has 21 heavy (non-hydrogen) atoms. The Morgan fingerprint density at radius 1 is 1.38 bits per heavy atom. The van der Waals surface area contributed by atoms with Crippen molar-refractivity contribution in [1.29, 1.82) is 0 Å². The molecule has 0 N–H and O–H groups in total. The fraction of sp³-hybridized carbons (Fsp3) is 0.500. The molecule has 0 aliphatic carbocycles. The third-order valence-corrected chi connectivity index (χ3v) is 5.01. The molecule has 2 aromatic rings. The first-order valence-electron chi connectivity index (χ1n) is 7.46. The van der Waals surface area contributed by atoms with Crippen molar-refractivity contribution in [3.05, 3.63) is 40.5 Å². The van der Waals surface area contributed by atoms with Gasteiger partial charge in [-0.2, -0.15) is 0 Å². The number of rotatable bonds is 5. The summed E-state index contributed by atoms with van der Waals surface area (Å²) in [5, 5.41) is 0. The van der Waals surface area contributed by atoms with Crippen molar-refractivity contribution in [2.75, 3.05) is 31.6 Å². The predicted octanol–water partition coefficient (Wildman–Crippen LogP) is 2.80. The molecule has 1 atom stereocenters. The van der Waals surface area contributed by atoms with Gasteiger partial charge in [0.1, 0.15) is 5.82 Å². The molecule has 0 aromatic carbocycles. The number of hydrogen-bond acceptors (Lipinski definition) is 5. The lowest BCUT2D eigenvalue weighted by Gasteiger charge is -2.21. The van der Waals surface area contributed by atoms with Gasteiger partial charge in [-0.05, 0) is 38.4 Å². The SMILES string of the molecule is Cc1ncsc1CN(C)C[C@@H]1CCN(c2ccccn2)C1. The minimum atomic E-state index is 0.727. The second-order valence-electron chi connectivity index (χ2n) is 5.85. The van der Waals surface area contributed by atoms with Gasteiger partial charge in [0, 0.05) is 37.3 Å². The summed E-state index contributed by atoms with van der Waals surface area (Å²) in [6, 6.07) is 6.14. The van der Waals surface area contributed by atoms with Crippen LogP contribution in [0, 0.1) is 12.8 Å². The van der Waals surface area contributed by atoms with Gasteiger partial charge >= 0.3 is 0 Å². The van der Waals surface area contributed by atoms with E-state index in [1.165, 1.54) is 17.0 Å². The molecule has 2 aromatic heterocycles. The summed E-state index contributed by atoms with van der Waals surface area (Å²) in [5.41, 5.74) is 3.12. The van der Waals surface area contributed by atoms with Gasteiger partial charge in [0.05, 0.1) is 11.2 Å². The van der Waals surface area contributed by atoms with Crippen molar-refractivity contribution in [1.82, 2.24) is 14.9 Å². The quantitative estimate of drug-likeness (QED) is 0.850. The van der Waals surface area contributed by atoms with E-state index < -0.39 is 0 Å². The number of thiazole rings is 1.